The monoisotopic (exact) mass is 116 g/mol. The van der Waals surface area contributed by atoms with E-state index in [0.717, 1.165) is 5.52 Å². The van der Waals surface area contributed by atoms with Crippen LogP contribution in [0.3, 0.4) is 0 Å². The van der Waals surface area contributed by atoms with Crippen LogP contribution in [-0.4, -0.2) is 9.38 Å². The molecule has 0 radical (unpaired) electrons. The van der Waals surface area contributed by atoms with Crippen molar-refractivity contribution in [3.05, 3.63) is 24.5 Å². The first-order chi connectivity index (χ1) is 4.45. The summed E-state index contributed by atoms with van der Waals surface area (Å²) >= 11 is 0. The third-order valence-corrected chi connectivity index (χ3v) is 1.81. The molecule has 4 bridgehead atoms. The van der Waals surface area contributed by atoms with Gasteiger partial charge in [0.1, 0.15) is 6.33 Å². The SMILES string of the molecule is c1cc2c3cc1n2cn3. The second-order valence-electron chi connectivity index (χ2n) is 2.29. The molecule has 0 aliphatic rings. The molecular weight excluding hydrogens is 112 g/mol. The first kappa shape index (κ1) is 3.67. The van der Waals surface area contributed by atoms with Crippen LogP contribution in [0.4, 0.5) is 0 Å². The van der Waals surface area contributed by atoms with Crippen molar-refractivity contribution >= 4 is 16.6 Å². The lowest BCUT2D eigenvalue weighted by Gasteiger charge is -1.79. The van der Waals surface area contributed by atoms with E-state index >= 15 is 0 Å². The lowest BCUT2D eigenvalue weighted by molar-refractivity contribution is 1.22. The Hall–Kier alpha value is -1.31. The highest BCUT2D eigenvalue weighted by Crippen LogP contribution is 2.22. The zero-order valence-electron chi connectivity index (χ0n) is 4.70. The highest BCUT2D eigenvalue weighted by atomic mass is 15.0. The molecular formula is C7H4N2. The molecule has 3 aromatic rings. The van der Waals surface area contributed by atoms with Crippen molar-refractivity contribution in [3.63, 3.8) is 0 Å². The second kappa shape index (κ2) is 0.880. The quantitative estimate of drug-likeness (QED) is 0.433. The number of hydrogen-bond acceptors (Lipinski definition) is 1. The van der Waals surface area contributed by atoms with Gasteiger partial charge in [-0.1, -0.05) is 0 Å². The van der Waals surface area contributed by atoms with Gasteiger partial charge in [-0.2, -0.15) is 0 Å². The van der Waals surface area contributed by atoms with Crippen LogP contribution in [0, 0.1) is 0 Å². The Balaban J connectivity index is 3.03. The van der Waals surface area contributed by atoms with Crippen LogP contribution in [0.2, 0.25) is 0 Å². The fraction of sp³-hybridized carbons (Fsp3) is 0. The normalized spacial score (nSPS) is 12.4. The first-order valence-corrected chi connectivity index (χ1v) is 2.93. The Labute approximate surface area is 51.4 Å². The predicted molar refractivity (Wildman–Crippen MR) is 35.1 cm³/mol. The molecule has 2 nitrogen and oxygen atoms in total. The number of rotatable bonds is 0. The van der Waals surface area contributed by atoms with Gasteiger partial charge in [0.15, 0.2) is 0 Å². The molecule has 3 rings (SSSR count). The summed E-state index contributed by atoms with van der Waals surface area (Å²) in [6.07, 6.45) is 1.86. The minimum atomic E-state index is 1.12. The summed E-state index contributed by atoms with van der Waals surface area (Å²) in [5.41, 5.74) is 3.62. The van der Waals surface area contributed by atoms with Crippen LogP contribution in [0.25, 0.3) is 16.6 Å². The Kier molecular flexibility index (Phi) is 0.358. The summed E-state index contributed by atoms with van der Waals surface area (Å²) in [4.78, 5) is 4.14. The van der Waals surface area contributed by atoms with Crippen molar-refractivity contribution in [2.75, 3.05) is 0 Å². The van der Waals surface area contributed by atoms with E-state index in [4.69, 9.17) is 0 Å². The maximum atomic E-state index is 4.14. The van der Waals surface area contributed by atoms with Gasteiger partial charge < -0.3 is 0 Å². The van der Waals surface area contributed by atoms with E-state index < -0.39 is 0 Å². The van der Waals surface area contributed by atoms with E-state index in [-0.39, 0.29) is 0 Å². The summed E-state index contributed by atoms with van der Waals surface area (Å²) in [6, 6.07) is 6.29. The molecule has 0 atom stereocenters. The largest absolute Gasteiger partial charge is 0.299 e. The van der Waals surface area contributed by atoms with Crippen molar-refractivity contribution < 1.29 is 0 Å². The zero-order valence-corrected chi connectivity index (χ0v) is 4.70. The van der Waals surface area contributed by atoms with Crippen LogP contribution < -0.4 is 0 Å². The van der Waals surface area contributed by atoms with Gasteiger partial charge in [-0.15, -0.1) is 0 Å². The van der Waals surface area contributed by atoms with E-state index in [2.05, 4.69) is 27.6 Å². The van der Waals surface area contributed by atoms with Gasteiger partial charge in [-0.05, 0) is 18.2 Å². The van der Waals surface area contributed by atoms with Gasteiger partial charge in [0.2, 0.25) is 0 Å². The van der Waals surface area contributed by atoms with Crippen LogP contribution >= 0.6 is 0 Å². The molecule has 0 spiro atoms. The Morgan fingerprint density at radius 3 is 2.89 bits per heavy atom. The van der Waals surface area contributed by atoms with Crippen molar-refractivity contribution in [2.24, 2.45) is 0 Å². The fourth-order valence-electron chi connectivity index (χ4n) is 1.36. The lowest BCUT2D eigenvalue weighted by Crippen LogP contribution is -1.71. The van der Waals surface area contributed by atoms with Gasteiger partial charge in [-0.25, -0.2) is 4.98 Å². The molecule has 0 amide bonds. The molecule has 0 aromatic carbocycles. The van der Waals surface area contributed by atoms with Gasteiger partial charge in [0, 0.05) is 5.52 Å². The average molecular weight is 116 g/mol. The fourth-order valence-corrected chi connectivity index (χ4v) is 1.36. The minimum absolute atomic E-state index is 1.12. The van der Waals surface area contributed by atoms with Gasteiger partial charge >= 0.3 is 0 Å². The van der Waals surface area contributed by atoms with Crippen LogP contribution in [0.15, 0.2) is 24.5 Å². The summed E-state index contributed by atoms with van der Waals surface area (Å²) in [5.74, 6) is 0. The van der Waals surface area contributed by atoms with E-state index in [1.54, 1.807) is 0 Å². The number of aromatic nitrogens is 2. The van der Waals surface area contributed by atoms with E-state index in [1.165, 1.54) is 11.0 Å². The van der Waals surface area contributed by atoms with Crippen LogP contribution in [0.5, 0.6) is 0 Å². The number of imidazole rings is 1. The smallest absolute Gasteiger partial charge is 0.100 e. The average Bonchev–Trinajstić information content (AvgIpc) is 2.50. The summed E-state index contributed by atoms with van der Waals surface area (Å²) < 4.78 is 2.09. The predicted octanol–water partition coefficient (Wildman–Crippen LogP) is 1.36. The number of nitrogens with zero attached hydrogens (tertiary/aromatic N) is 2. The standard InChI is InChI=1S/C7H4N2/c1-2-7-6-3-5(1)9(7)4-8-6/h1-4H. The maximum absolute atomic E-state index is 4.14. The molecule has 0 aliphatic carbocycles. The summed E-state index contributed by atoms with van der Waals surface area (Å²) in [7, 11) is 0. The highest BCUT2D eigenvalue weighted by molar-refractivity contribution is 5.87. The Morgan fingerprint density at radius 2 is 2.33 bits per heavy atom. The van der Waals surface area contributed by atoms with Crippen molar-refractivity contribution in [2.45, 2.75) is 0 Å². The Bertz CT molecular complexity index is 386. The van der Waals surface area contributed by atoms with Gasteiger partial charge in [0.05, 0.1) is 11.0 Å². The summed E-state index contributed by atoms with van der Waals surface area (Å²) in [6.45, 7) is 0. The molecule has 3 heterocycles. The first-order valence-electron chi connectivity index (χ1n) is 2.93. The number of hydrogen-bond donors (Lipinski definition) is 0. The van der Waals surface area contributed by atoms with E-state index in [1.807, 2.05) is 6.33 Å². The zero-order chi connectivity index (χ0) is 5.84. The highest BCUT2D eigenvalue weighted by Gasteiger charge is 2.06. The van der Waals surface area contributed by atoms with Crippen LogP contribution in [-0.2, 0) is 0 Å². The van der Waals surface area contributed by atoms with Gasteiger partial charge in [0.25, 0.3) is 0 Å². The third kappa shape index (κ3) is 0.241. The van der Waals surface area contributed by atoms with Crippen molar-refractivity contribution in [1.82, 2.24) is 9.38 Å². The molecule has 9 heavy (non-hydrogen) atoms. The molecule has 0 N–H and O–H groups in total. The topological polar surface area (TPSA) is 17.3 Å². The molecule has 42 valence electrons. The third-order valence-electron chi connectivity index (χ3n) is 1.81. The molecule has 3 aromatic heterocycles. The maximum Gasteiger partial charge on any atom is 0.100 e. The molecule has 0 aliphatic heterocycles. The summed E-state index contributed by atoms with van der Waals surface area (Å²) in [5, 5.41) is 0. The van der Waals surface area contributed by atoms with Crippen LogP contribution in [0.1, 0.15) is 0 Å². The molecule has 0 saturated heterocycles. The van der Waals surface area contributed by atoms with E-state index in [0.29, 0.717) is 0 Å². The molecule has 2 heteroatoms. The molecule has 0 saturated carbocycles. The molecule has 0 fully saturated rings. The molecule has 0 unspecified atom stereocenters. The number of benzene rings is 1. The lowest BCUT2D eigenvalue weighted by atomic mass is 10.3. The minimum Gasteiger partial charge on any atom is -0.299 e. The van der Waals surface area contributed by atoms with E-state index in [9.17, 15) is 0 Å². The van der Waals surface area contributed by atoms with Gasteiger partial charge in [-0.3, -0.25) is 4.40 Å². The van der Waals surface area contributed by atoms with Crippen molar-refractivity contribution in [3.8, 4) is 0 Å². The Morgan fingerprint density at radius 1 is 1.33 bits per heavy atom. The van der Waals surface area contributed by atoms with Crippen molar-refractivity contribution in [1.29, 1.82) is 0 Å². The second-order valence-corrected chi connectivity index (χ2v) is 2.29.